The van der Waals surface area contributed by atoms with Gasteiger partial charge in [0.15, 0.2) is 0 Å². The highest BCUT2D eigenvalue weighted by Crippen LogP contribution is 2.21. The normalized spacial score (nSPS) is 10.6. The molecule has 0 fully saturated rings. The maximum absolute atomic E-state index is 12.2. The second-order valence-corrected chi connectivity index (χ2v) is 4.50. The Bertz CT molecular complexity index is 663. The Balaban J connectivity index is 2.17. The second kappa shape index (κ2) is 5.68. The Morgan fingerprint density at radius 1 is 1.25 bits per heavy atom. The predicted molar refractivity (Wildman–Crippen MR) is 72.3 cm³/mol. The number of hydrogen-bond donors (Lipinski definition) is 2. The van der Waals surface area contributed by atoms with Crippen LogP contribution in [0.3, 0.4) is 0 Å². The fourth-order valence-electron chi connectivity index (χ4n) is 1.91. The van der Waals surface area contributed by atoms with E-state index in [2.05, 4.69) is 20.8 Å². The molecule has 0 saturated heterocycles. The van der Waals surface area contributed by atoms with E-state index in [0.29, 0.717) is 41.1 Å². The molecule has 0 aromatic carbocycles. The number of aromatic nitrogens is 2. The molecule has 0 bridgehead atoms. The number of rotatable bonds is 4. The van der Waals surface area contributed by atoms with Crippen LogP contribution in [0.5, 0.6) is 0 Å². The first-order valence-electron chi connectivity index (χ1n) is 6.25. The molecule has 20 heavy (non-hydrogen) atoms. The average Bonchev–Trinajstić information content (AvgIpc) is 2.74. The molecule has 7 nitrogen and oxygen atoms in total. The summed E-state index contributed by atoms with van der Waals surface area (Å²) in [4.78, 5) is 27.1. The van der Waals surface area contributed by atoms with Gasteiger partial charge in [0.1, 0.15) is 0 Å². The summed E-state index contributed by atoms with van der Waals surface area (Å²) in [5.41, 5.74) is 2.14. The third kappa shape index (κ3) is 2.93. The number of hydrogen-bond acceptors (Lipinski definition) is 5. The van der Waals surface area contributed by atoms with Crippen molar-refractivity contribution >= 4 is 22.9 Å². The van der Waals surface area contributed by atoms with Crippen LogP contribution in [0.15, 0.2) is 10.6 Å². The number of nitrogens with one attached hydrogen (secondary N) is 2. The predicted octanol–water partition coefficient (Wildman–Crippen LogP) is 0.706. The number of fused-ring (bicyclic) bond motifs is 1. The lowest BCUT2D eigenvalue weighted by atomic mass is 10.1. The van der Waals surface area contributed by atoms with E-state index in [1.807, 2.05) is 0 Å². The summed E-state index contributed by atoms with van der Waals surface area (Å²) >= 11 is 0. The van der Waals surface area contributed by atoms with Gasteiger partial charge < -0.3 is 15.2 Å². The summed E-state index contributed by atoms with van der Waals surface area (Å²) in [6.45, 7) is 5.71. The van der Waals surface area contributed by atoms with Crippen LogP contribution in [-0.4, -0.2) is 35.0 Å². The van der Waals surface area contributed by atoms with Crippen molar-refractivity contribution in [3.05, 3.63) is 23.0 Å². The molecule has 0 unspecified atom stereocenters. The lowest BCUT2D eigenvalue weighted by Gasteiger charge is -2.07. The zero-order chi connectivity index (χ0) is 14.7. The van der Waals surface area contributed by atoms with Crippen molar-refractivity contribution in [1.29, 1.82) is 0 Å². The van der Waals surface area contributed by atoms with E-state index in [0.717, 1.165) is 0 Å². The molecule has 2 aromatic rings. The smallest absolute Gasteiger partial charge is 0.258 e. The van der Waals surface area contributed by atoms with E-state index in [1.165, 1.54) is 6.92 Å². The second-order valence-electron chi connectivity index (χ2n) is 4.50. The van der Waals surface area contributed by atoms with E-state index < -0.39 is 0 Å². The first-order chi connectivity index (χ1) is 9.49. The third-order valence-corrected chi connectivity index (χ3v) is 2.77. The number of carbonyl (C=O) groups excluding carboxylic acids is 2. The molecule has 0 aliphatic carbocycles. The van der Waals surface area contributed by atoms with E-state index in [9.17, 15) is 9.59 Å². The molecule has 0 aliphatic heterocycles. The highest BCUT2D eigenvalue weighted by Gasteiger charge is 2.17. The van der Waals surface area contributed by atoms with Gasteiger partial charge in [-0.3, -0.25) is 9.59 Å². The quantitative estimate of drug-likeness (QED) is 0.801. The van der Waals surface area contributed by atoms with Crippen LogP contribution in [0, 0.1) is 13.8 Å². The van der Waals surface area contributed by atoms with Crippen molar-refractivity contribution in [1.82, 2.24) is 20.8 Å². The minimum absolute atomic E-state index is 0.128. The molecule has 2 heterocycles. The summed E-state index contributed by atoms with van der Waals surface area (Å²) in [6, 6.07) is 1.69. The monoisotopic (exact) mass is 276 g/mol. The van der Waals surface area contributed by atoms with Crippen molar-refractivity contribution in [2.24, 2.45) is 0 Å². The maximum Gasteiger partial charge on any atom is 0.258 e. The lowest BCUT2D eigenvalue weighted by Crippen LogP contribution is -2.33. The van der Waals surface area contributed by atoms with Crippen LogP contribution in [0.2, 0.25) is 0 Å². The number of amides is 2. The maximum atomic E-state index is 12.2. The summed E-state index contributed by atoms with van der Waals surface area (Å²) < 4.78 is 5.08. The Hall–Kier alpha value is -2.44. The zero-order valence-corrected chi connectivity index (χ0v) is 11.6. The Morgan fingerprint density at radius 2 is 1.95 bits per heavy atom. The molecule has 2 N–H and O–H groups in total. The number of nitrogens with zero attached hydrogens (tertiary/aromatic N) is 2. The van der Waals surface area contributed by atoms with E-state index in [4.69, 9.17) is 4.52 Å². The summed E-state index contributed by atoms with van der Waals surface area (Å²) in [5.74, 6) is -0.367. The topological polar surface area (TPSA) is 97.1 Å². The fraction of sp³-hybridized carbons (Fsp3) is 0.385. The molecular formula is C13H16N4O3. The zero-order valence-electron chi connectivity index (χ0n) is 11.6. The Morgan fingerprint density at radius 3 is 2.65 bits per heavy atom. The highest BCUT2D eigenvalue weighted by atomic mass is 16.5. The molecule has 0 spiro atoms. The standard InChI is InChI=1S/C13H16N4O3/c1-7-6-10(11-8(2)17-20-13(11)16-7)12(19)15-5-4-14-9(3)18/h6H,4-5H2,1-3H3,(H,14,18)(H,15,19). The van der Waals surface area contributed by atoms with Crippen LogP contribution in [-0.2, 0) is 4.79 Å². The first kappa shape index (κ1) is 14.0. The molecule has 0 saturated carbocycles. The molecule has 2 amide bonds. The molecule has 7 heteroatoms. The van der Waals surface area contributed by atoms with Gasteiger partial charge in [-0.15, -0.1) is 0 Å². The average molecular weight is 276 g/mol. The van der Waals surface area contributed by atoms with Gasteiger partial charge in [-0.2, -0.15) is 0 Å². The lowest BCUT2D eigenvalue weighted by molar-refractivity contribution is -0.118. The van der Waals surface area contributed by atoms with Crippen LogP contribution in [0.25, 0.3) is 11.1 Å². The Kier molecular flexibility index (Phi) is 3.97. The van der Waals surface area contributed by atoms with E-state index in [-0.39, 0.29) is 11.8 Å². The Labute approximate surface area is 115 Å². The highest BCUT2D eigenvalue weighted by molar-refractivity contribution is 6.06. The molecule has 0 atom stereocenters. The largest absolute Gasteiger partial charge is 0.355 e. The third-order valence-electron chi connectivity index (χ3n) is 2.77. The van der Waals surface area contributed by atoms with Crippen molar-refractivity contribution in [2.75, 3.05) is 13.1 Å². The minimum Gasteiger partial charge on any atom is -0.355 e. The summed E-state index contributed by atoms with van der Waals surface area (Å²) in [6.07, 6.45) is 0. The van der Waals surface area contributed by atoms with Gasteiger partial charge in [0.25, 0.3) is 11.6 Å². The van der Waals surface area contributed by atoms with Gasteiger partial charge in [-0.05, 0) is 19.9 Å². The number of pyridine rings is 1. The molecule has 0 aliphatic rings. The molecule has 0 radical (unpaired) electrons. The van der Waals surface area contributed by atoms with Crippen LogP contribution >= 0.6 is 0 Å². The van der Waals surface area contributed by atoms with Crippen molar-refractivity contribution in [3.63, 3.8) is 0 Å². The van der Waals surface area contributed by atoms with E-state index >= 15 is 0 Å². The van der Waals surface area contributed by atoms with Gasteiger partial charge in [0.2, 0.25) is 5.91 Å². The SMILES string of the molecule is CC(=O)NCCNC(=O)c1cc(C)nc2onc(C)c12. The van der Waals surface area contributed by atoms with Gasteiger partial charge >= 0.3 is 0 Å². The van der Waals surface area contributed by atoms with Crippen LogP contribution in [0.1, 0.15) is 28.7 Å². The van der Waals surface area contributed by atoms with Gasteiger partial charge in [0.05, 0.1) is 16.6 Å². The molecule has 2 aromatic heterocycles. The minimum atomic E-state index is -0.239. The fourth-order valence-corrected chi connectivity index (χ4v) is 1.91. The van der Waals surface area contributed by atoms with Crippen molar-refractivity contribution in [3.8, 4) is 0 Å². The first-order valence-corrected chi connectivity index (χ1v) is 6.25. The number of carbonyl (C=O) groups is 2. The summed E-state index contributed by atoms with van der Waals surface area (Å²) in [7, 11) is 0. The van der Waals surface area contributed by atoms with Crippen molar-refractivity contribution in [2.45, 2.75) is 20.8 Å². The number of aryl methyl sites for hydroxylation is 2. The van der Waals surface area contributed by atoms with Crippen LogP contribution in [0.4, 0.5) is 0 Å². The van der Waals surface area contributed by atoms with Gasteiger partial charge in [0, 0.05) is 25.7 Å². The summed E-state index contributed by atoms with van der Waals surface area (Å²) in [5, 5.41) is 9.79. The van der Waals surface area contributed by atoms with Crippen molar-refractivity contribution < 1.29 is 14.1 Å². The van der Waals surface area contributed by atoms with Crippen LogP contribution < -0.4 is 10.6 Å². The van der Waals surface area contributed by atoms with Gasteiger partial charge in [-0.1, -0.05) is 5.16 Å². The molecular weight excluding hydrogens is 260 g/mol. The van der Waals surface area contributed by atoms with Gasteiger partial charge in [-0.25, -0.2) is 4.98 Å². The molecule has 2 rings (SSSR count). The van der Waals surface area contributed by atoms with E-state index in [1.54, 1.807) is 19.9 Å². The molecule has 106 valence electrons.